The Morgan fingerprint density at radius 1 is 1.53 bits per heavy atom. The van der Waals surface area contributed by atoms with E-state index < -0.39 is 15.9 Å². The summed E-state index contributed by atoms with van der Waals surface area (Å²) in [6.07, 6.45) is 1.15. The van der Waals surface area contributed by atoms with Crippen molar-refractivity contribution >= 4 is 58.9 Å². The molecule has 1 aromatic rings. The minimum atomic E-state index is -3.08. The Kier molecular flexibility index (Phi) is 5.18. The molecule has 1 heterocycles. The monoisotopic (exact) mass is 403 g/mol. The molecular formula is C9H11Br2NO3S2. The summed E-state index contributed by atoms with van der Waals surface area (Å²) in [7, 11) is -3.08. The number of amides is 1. The fourth-order valence-electron chi connectivity index (χ4n) is 1.25. The van der Waals surface area contributed by atoms with Crippen LogP contribution in [-0.4, -0.2) is 32.4 Å². The Morgan fingerprint density at radius 3 is 2.53 bits per heavy atom. The zero-order valence-electron chi connectivity index (χ0n) is 9.16. The van der Waals surface area contributed by atoms with Gasteiger partial charge in [-0.3, -0.25) is 4.79 Å². The lowest BCUT2D eigenvalue weighted by atomic mass is 10.3. The second kappa shape index (κ2) is 5.81. The second-order valence-corrected chi connectivity index (χ2v) is 9.11. The quantitative estimate of drug-likeness (QED) is 0.838. The summed E-state index contributed by atoms with van der Waals surface area (Å²) >= 11 is 7.87. The van der Waals surface area contributed by atoms with Crippen molar-refractivity contribution in [3.05, 3.63) is 19.2 Å². The van der Waals surface area contributed by atoms with Gasteiger partial charge in [0.2, 0.25) is 0 Å². The van der Waals surface area contributed by atoms with Crippen LogP contribution in [-0.2, 0) is 9.84 Å². The van der Waals surface area contributed by atoms with E-state index in [0.29, 0.717) is 4.88 Å². The van der Waals surface area contributed by atoms with Crippen LogP contribution in [0.1, 0.15) is 16.6 Å². The number of nitrogens with one attached hydrogen (secondary N) is 1. The Balaban J connectivity index is 2.67. The second-order valence-electron chi connectivity index (χ2n) is 3.70. The first-order chi connectivity index (χ1) is 7.69. The summed E-state index contributed by atoms with van der Waals surface area (Å²) in [6.45, 7) is 1.66. The number of carbonyl (C=O) groups excluding carboxylic acids is 1. The van der Waals surface area contributed by atoms with E-state index in [1.165, 1.54) is 11.3 Å². The van der Waals surface area contributed by atoms with Crippen LogP contribution < -0.4 is 5.32 Å². The first-order valence-corrected chi connectivity index (χ1v) is 9.09. The first-order valence-electron chi connectivity index (χ1n) is 4.62. The van der Waals surface area contributed by atoms with E-state index in [0.717, 1.165) is 14.5 Å². The Labute approximate surface area is 121 Å². The van der Waals surface area contributed by atoms with Gasteiger partial charge in [-0.2, -0.15) is 0 Å². The molecule has 1 atom stereocenters. The van der Waals surface area contributed by atoms with E-state index in [9.17, 15) is 13.2 Å². The van der Waals surface area contributed by atoms with Crippen molar-refractivity contribution in [2.45, 2.75) is 13.0 Å². The van der Waals surface area contributed by atoms with Crippen LogP contribution in [0.2, 0.25) is 0 Å². The molecule has 0 aliphatic carbocycles. The maximum absolute atomic E-state index is 11.8. The Hall–Kier alpha value is 0.0800. The predicted octanol–water partition coefficient (Wildman–Crippen LogP) is 2.44. The summed E-state index contributed by atoms with van der Waals surface area (Å²) in [5, 5.41) is 2.64. The Bertz CT molecular complexity index is 505. The highest BCUT2D eigenvalue weighted by molar-refractivity contribution is 9.13. The molecule has 1 rings (SSSR count). The minimum Gasteiger partial charge on any atom is -0.348 e. The van der Waals surface area contributed by atoms with Gasteiger partial charge in [0.05, 0.1) is 14.4 Å². The highest BCUT2D eigenvalue weighted by Crippen LogP contribution is 2.32. The van der Waals surface area contributed by atoms with Gasteiger partial charge in [0.25, 0.3) is 5.91 Å². The van der Waals surface area contributed by atoms with E-state index in [1.54, 1.807) is 13.0 Å². The molecule has 0 aliphatic rings. The predicted molar refractivity (Wildman–Crippen MR) is 76.4 cm³/mol. The van der Waals surface area contributed by atoms with Crippen molar-refractivity contribution in [3.8, 4) is 0 Å². The van der Waals surface area contributed by atoms with Gasteiger partial charge in [0, 0.05) is 16.8 Å². The molecule has 0 fully saturated rings. The minimum absolute atomic E-state index is 0.0630. The molecule has 0 aliphatic heterocycles. The van der Waals surface area contributed by atoms with Crippen LogP contribution in [0.3, 0.4) is 0 Å². The summed E-state index contributed by atoms with van der Waals surface area (Å²) in [6, 6.07) is 1.29. The van der Waals surface area contributed by atoms with Crippen molar-refractivity contribution in [1.29, 1.82) is 0 Å². The molecule has 1 aromatic heterocycles. The molecule has 8 heteroatoms. The Morgan fingerprint density at radius 2 is 2.12 bits per heavy atom. The third-order valence-electron chi connectivity index (χ3n) is 1.80. The van der Waals surface area contributed by atoms with E-state index in [4.69, 9.17) is 0 Å². The lowest BCUT2D eigenvalue weighted by molar-refractivity contribution is 0.0947. The van der Waals surface area contributed by atoms with Gasteiger partial charge >= 0.3 is 0 Å². The van der Waals surface area contributed by atoms with Gasteiger partial charge in [0.15, 0.2) is 0 Å². The van der Waals surface area contributed by atoms with Crippen LogP contribution in [0.4, 0.5) is 0 Å². The van der Waals surface area contributed by atoms with E-state index >= 15 is 0 Å². The van der Waals surface area contributed by atoms with Crippen molar-refractivity contribution in [2.24, 2.45) is 0 Å². The molecule has 1 unspecified atom stereocenters. The van der Waals surface area contributed by atoms with Crippen molar-refractivity contribution in [3.63, 3.8) is 0 Å². The van der Waals surface area contributed by atoms with Crippen LogP contribution >= 0.6 is 43.2 Å². The molecule has 0 saturated carbocycles. The number of rotatable bonds is 4. The fraction of sp³-hybridized carbons (Fsp3) is 0.444. The average Bonchev–Trinajstić information content (AvgIpc) is 2.43. The lowest BCUT2D eigenvalue weighted by Crippen LogP contribution is -2.36. The summed E-state index contributed by atoms with van der Waals surface area (Å²) in [4.78, 5) is 12.3. The third-order valence-corrected chi connectivity index (χ3v) is 6.16. The molecule has 17 heavy (non-hydrogen) atoms. The lowest BCUT2D eigenvalue weighted by Gasteiger charge is -2.11. The van der Waals surface area contributed by atoms with Crippen molar-refractivity contribution in [1.82, 2.24) is 5.32 Å². The highest BCUT2D eigenvalue weighted by Gasteiger charge is 2.16. The fourth-order valence-corrected chi connectivity index (χ4v) is 4.18. The zero-order chi connectivity index (χ0) is 13.2. The van der Waals surface area contributed by atoms with Gasteiger partial charge in [-0.25, -0.2) is 8.42 Å². The standard InChI is InChI=1S/C9H11Br2NO3S2/c1-5(4-17(2,14)15)12-9(13)7-3-6(10)8(11)16-7/h3,5H,4H2,1-2H3,(H,12,13). The average molecular weight is 405 g/mol. The van der Waals surface area contributed by atoms with Crippen LogP contribution in [0.15, 0.2) is 14.3 Å². The number of carbonyl (C=O) groups is 1. The zero-order valence-corrected chi connectivity index (χ0v) is 14.0. The normalized spacial score (nSPS) is 13.4. The molecule has 0 aromatic carbocycles. The number of hydrogen-bond donors (Lipinski definition) is 1. The number of halogens is 2. The molecule has 1 amide bonds. The third kappa shape index (κ3) is 5.07. The summed E-state index contributed by atoms with van der Waals surface area (Å²) in [5.41, 5.74) is 0. The summed E-state index contributed by atoms with van der Waals surface area (Å²) in [5.74, 6) is -0.329. The number of thiophene rings is 1. The number of hydrogen-bond acceptors (Lipinski definition) is 4. The molecule has 0 saturated heterocycles. The van der Waals surface area contributed by atoms with E-state index in [2.05, 4.69) is 37.2 Å². The smallest absolute Gasteiger partial charge is 0.261 e. The van der Waals surface area contributed by atoms with E-state index in [1.807, 2.05) is 0 Å². The summed E-state index contributed by atoms with van der Waals surface area (Å²) < 4.78 is 23.7. The van der Waals surface area contributed by atoms with Crippen LogP contribution in [0.25, 0.3) is 0 Å². The number of sulfone groups is 1. The first kappa shape index (κ1) is 15.1. The van der Waals surface area contributed by atoms with Gasteiger partial charge in [-0.05, 0) is 44.8 Å². The largest absolute Gasteiger partial charge is 0.348 e. The van der Waals surface area contributed by atoms with Crippen LogP contribution in [0.5, 0.6) is 0 Å². The molecule has 0 spiro atoms. The molecule has 96 valence electrons. The van der Waals surface area contributed by atoms with Gasteiger partial charge in [-0.15, -0.1) is 11.3 Å². The van der Waals surface area contributed by atoms with E-state index in [-0.39, 0.29) is 11.7 Å². The molecular weight excluding hydrogens is 394 g/mol. The topological polar surface area (TPSA) is 63.2 Å². The molecule has 1 N–H and O–H groups in total. The van der Waals surface area contributed by atoms with Gasteiger partial charge < -0.3 is 5.32 Å². The van der Waals surface area contributed by atoms with Crippen LogP contribution in [0, 0.1) is 0 Å². The maximum atomic E-state index is 11.8. The molecule has 0 bridgehead atoms. The van der Waals surface area contributed by atoms with Crippen molar-refractivity contribution in [2.75, 3.05) is 12.0 Å². The molecule has 0 radical (unpaired) electrons. The SMILES string of the molecule is CC(CS(C)(=O)=O)NC(=O)c1cc(Br)c(Br)s1. The van der Waals surface area contributed by atoms with Gasteiger partial charge in [0.1, 0.15) is 9.84 Å². The molecule has 4 nitrogen and oxygen atoms in total. The highest BCUT2D eigenvalue weighted by atomic mass is 79.9. The maximum Gasteiger partial charge on any atom is 0.261 e. The van der Waals surface area contributed by atoms with Gasteiger partial charge in [-0.1, -0.05) is 0 Å². The van der Waals surface area contributed by atoms with Crippen molar-refractivity contribution < 1.29 is 13.2 Å².